The Morgan fingerprint density at radius 2 is 2.24 bits per heavy atom. The number of ether oxygens (including phenoxy) is 1. The third kappa shape index (κ3) is 3.23. The van der Waals surface area contributed by atoms with Gasteiger partial charge in [0, 0.05) is 12.2 Å². The second kappa shape index (κ2) is 6.07. The average molecular weight is 259 g/mol. The number of aryl methyl sites for hydroxylation is 1. The van der Waals surface area contributed by atoms with E-state index in [1.807, 2.05) is 13.0 Å². The first-order valence-electron chi connectivity index (χ1n) is 5.76. The Labute approximate surface area is 107 Å². The van der Waals surface area contributed by atoms with E-state index in [1.54, 1.807) is 0 Å². The van der Waals surface area contributed by atoms with Crippen LogP contribution in [-0.2, 0) is 6.54 Å². The quantitative estimate of drug-likeness (QED) is 0.865. The first-order chi connectivity index (χ1) is 7.70. The molecule has 2 rings (SSSR count). The molecule has 0 amide bonds. The molecule has 96 valence electrons. The lowest BCUT2D eigenvalue weighted by Crippen LogP contribution is -2.23. The van der Waals surface area contributed by atoms with Gasteiger partial charge in [-0.15, -0.1) is 12.4 Å². The van der Waals surface area contributed by atoms with Crippen LogP contribution in [0.2, 0.25) is 0 Å². The van der Waals surface area contributed by atoms with Gasteiger partial charge in [-0.3, -0.25) is 4.79 Å². The molecule has 0 atom stereocenters. The molecule has 1 aliphatic rings. The number of hydrogen-bond acceptors (Lipinski definition) is 3. The van der Waals surface area contributed by atoms with Gasteiger partial charge in [0.1, 0.15) is 5.75 Å². The highest BCUT2D eigenvalue weighted by Crippen LogP contribution is 2.27. The number of nitrogens with two attached hydrogens (primary N) is 1. The highest BCUT2D eigenvalue weighted by Gasteiger charge is 2.19. The van der Waals surface area contributed by atoms with Gasteiger partial charge in [0.2, 0.25) is 0 Å². The predicted molar refractivity (Wildman–Crippen MR) is 69.8 cm³/mol. The number of aromatic amines is 1. The molecule has 5 heteroatoms. The van der Waals surface area contributed by atoms with Gasteiger partial charge < -0.3 is 15.5 Å². The van der Waals surface area contributed by atoms with Crippen molar-refractivity contribution < 1.29 is 4.74 Å². The molecule has 0 bridgehead atoms. The van der Waals surface area contributed by atoms with E-state index in [1.165, 1.54) is 19.3 Å². The summed E-state index contributed by atoms with van der Waals surface area (Å²) in [7, 11) is 0. The molecule has 1 fully saturated rings. The van der Waals surface area contributed by atoms with Crippen LogP contribution in [-0.4, -0.2) is 11.6 Å². The van der Waals surface area contributed by atoms with Crippen molar-refractivity contribution in [2.24, 2.45) is 11.7 Å². The summed E-state index contributed by atoms with van der Waals surface area (Å²) >= 11 is 0. The molecular weight excluding hydrogens is 240 g/mol. The molecule has 1 aromatic rings. The summed E-state index contributed by atoms with van der Waals surface area (Å²) in [6.07, 6.45) is 3.77. The van der Waals surface area contributed by atoms with Crippen molar-refractivity contribution in [2.75, 3.05) is 6.61 Å². The fraction of sp³-hybridized carbons (Fsp3) is 0.583. The molecule has 1 saturated carbocycles. The van der Waals surface area contributed by atoms with Gasteiger partial charge in [-0.2, -0.15) is 0 Å². The standard InChI is InChI=1S/C12H18N2O2.ClH/c1-8-5-11(10(6-13)12(15)14-8)16-7-9-3-2-4-9;/h5,9H,2-4,6-7,13H2,1H3,(H,14,15);1H. The number of hydrogen-bond donors (Lipinski definition) is 2. The topological polar surface area (TPSA) is 68.1 Å². The zero-order valence-electron chi connectivity index (χ0n) is 9.99. The van der Waals surface area contributed by atoms with Crippen molar-refractivity contribution in [2.45, 2.75) is 32.7 Å². The van der Waals surface area contributed by atoms with E-state index in [0.29, 0.717) is 23.8 Å². The summed E-state index contributed by atoms with van der Waals surface area (Å²) in [5, 5.41) is 0. The summed E-state index contributed by atoms with van der Waals surface area (Å²) in [4.78, 5) is 14.3. The Morgan fingerprint density at radius 1 is 1.53 bits per heavy atom. The molecule has 1 aromatic heterocycles. The van der Waals surface area contributed by atoms with E-state index >= 15 is 0 Å². The number of rotatable bonds is 4. The highest BCUT2D eigenvalue weighted by molar-refractivity contribution is 5.85. The fourth-order valence-electron chi connectivity index (χ4n) is 1.88. The van der Waals surface area contributed by atoms with E-state index in [9.17, 15) is 4.79 Å². The Morgan fingerprint density at radius 3 is 2.76 bits per heavy atom. The number of halogens is 1. The van der Waals surface area contributed by atoms with Crippen LogP contribution in [0.15, 0.2) is 10.9 Å². The van der Waals surface area contributed by atoms with Gasteiger partial charge in [0.25, 0.3) is 5.56 Å². The SMILES string of the molecule is Cc1cc(OCC2CCC2)c(CN)c(=O)[nH]1.Cl. The van der Waals surface area contributed by atoms with Crippen LogP contribution < -0.4 is 16.0 Å². The number of aromatic nitrogens is 1. The second-order valence-electron chi connectivity index (χ2n) is 4.44. The zero-order chi connectivity index (χ0) is 11.5. The Kier molecular flexibility index (Phi) is 5.02. The van der Waals surface area contributed by atoms with Crippen molar-refractivity contribution in [1.82, 2.24) is 4.98 Å². The molecule has 0 aromatic carbocycles. The maximum absolute atomic E-state index is 11.6. The van der Waals surface area contributed by atoms with Crippen LogP contribution in [0.4, 0.5) is 0 Å². The van der Waals surface area contributed by atoms with Crippen LogP contribution in [0.5, 0.6) is 5.75 Å². The van der Waals surface area contributed by atoms with Crippen LogP contribution in [0.1, 0.15) is 30.5 Å². The van der Waals surface area contributed by atoms with Gasteiger partial charge in [-0.05, 0) is 31.7 Å². The van der Waals surface area contributed by atoms with Crippen molar-refractivity contribution in [3.63, 3.8) is 0 Å². The van der Waals surface area contributed by atoms with E-state index < -0.39 is 0 Å². The summed E-state index contributed by atoms with van der Waals surface area (Å²) in [5.41, 5.74) is 6.78. The average Bonchev–Trinajstić information content (AvgIpc) is 2.14. The van der Waals surface area contributed by atoms with Crippen LogP contribution in [0.25, 0.3) is 0 Å². The van der Waals surface area contributed by atoms with Crippen molar-refractivity contribution in [3.05, 3.63) is 27.7 Å². The molecule has 0 aliphatic heterocycles. The number of pyridine rings is 1. The Balaban J connectivity index is 0.00000144. The minimum atomic E-state index is -0.133. The molecule has 0 radical (unpaired) electrons. The summed E-state index contributed by atoms with van der Waals surface area (Å²) in [6.45, 7) is 2.77. The molecule has 1 heterocycles. The minimum absolute atomic E-state index is 0. The second-order valence-corrected chi connectivity index (χ2v) is 4.44. The van der Waals surface area contributed by atoms with Gasteiger partial charge in [-0.25, -0.2) is 0 Å². The molecule has 0 spiro atoms. The maximum Gasteiger partial charge on any atom is 0.256 e. The number of H-pyrrole nitrogens is 1. The molecule has 4 nitrogen and oxygen atoms in total. The Bertz CT molecular complexity index is 427. The molecular formula is C12H19ClN2O2. The normalized spacial score (nSPS) is 14.9. The smallest absolute Gasteiger partial charge is 0.256 e. The maximum atomic E-state index is 11.6. The van der Waals surface area contributed by atoms with Crippen LogP contribution in [0.3, 0.4) is 0 Å². The number of nitrogens with one attached hydrogen (secondary N) is 1. The van der Waals surface area contributed by atoms with Crippen molar-refractivity contribution in [1.29, 1.82) is 0 Å². The van der Waals surface area contributed by atoms with Crippen LogP contribution >= 0.6 is 12.4 Å². The zero-order valence-corrected chi connectivity index (χ0v) is 10.8. The lowest BCUT2D eigenvalue weighted by molar-refractivity contribution is 0.179. The first kappa shape index (κ1) is 14.1. The van der Waals surface area contributed by atoms with E-state index in [2.05, 4.69) is 4.98 Å². The van der Waals surface area contributed by atoms with Gasteiger partial charge in [0.15, 0.2) is 0 Å². The lowest BCUT2D eigenvalue weighted by atomic mass is 9.86. The van der Waals surface area contributed by atoms with E-state index in [0.717, 1.165) is 5.69 Å². The van der Waals surface area contributed by atoms with Crippen LogP contribution in [0, 0.1) is 12.8 Å². The van der Waals surface area contributed by atoms with Gasteiger partial charge in [-0.1, -0.05) is 6.42 Å². The summed E-state index contributed by atoms with van der Waals surface area (Å²) < 4.78 is 5.69. The molecule has 3 N–H and O–H groups in total. The monoisotopic (exact) mass is 258 g/mol. The summed E-state index contributed by atoms with van der Waals surface area (Å²) in [5.74, 6) is 1.31. The highest BCUT2D eigenvalue weighted by atomic mass is 35.5. The molecule has 17 heavy (non-hydrogen) atoms. The summed E-state index contributed by atoms with van der Waals surface area (Å²) in [6, 6.07) is 1.85. The predicted octanol–water partition coefficient (Wildman–Crippen LogP) is 1.74. The van der Waals surface area contributed by atoms with Gasteiger partial charge >= 0.3 is 0 Å². The third-order valence-electron chi connectivity index (χ3n) is 3.13. The molecule has 0 saturated heterocycles. The third-order valence-corrected chi connectivity index (χ3v) is 3.13. The van der Waals surface area contributed by atoms with Gasteiger partial charge in [0.05, 0.1) is 12.2 Å². The van der Waals surface area contributed by atoms with Crippen molar-refractivity contribution in [3.8, 4) is 5.75 Å². The Hall–Kier alpha value is -1.00. The lowest BCUT2D eigenvalue weighted by Gasteiger charge is -2.25. The van der Waals surface area contributed by atoms with E-state index in [-0.39, 0.29) is 24.5 Å². The fourth-order valence-corrected chi connectivity index (χ4v) is 1.88. The first-order valence-corrected chi connectivity index (χ1v) is 5.76. The molecule has 0 unspecified atom stereocenters. The minimum Gasteiger partial charge on any atom is -0.493 e. The largest absolute Gasteiger partial charge is 0.493 e. The van der Waals surface area contributed by atoms with E-state index in [4.69, 9.17) is 10.5 Å². The molecule has 1 aliphatic carbocycles. The van der Waals surface area contributed by atoms with Crippen molar-refractivity contribution >= 4 is 12.4 Å².